The van der Waals surface area contributed by atoms with E-state index in [1.54, 1.807) is 12.5 Å². The van der Waals surface area contributed by atoms with E-state index in [9.17, 15) is 0 Å². The van der Waals surface area contributed by atoms with Gasteiger partial charge >= 0.3 is 0 Å². The Labute approximate surface area is 87.0 Å². The third-order valence-corrected chi connectivity index (χ3v) is 2.43. The second-order valence-corrected chi connectivity index (χ2v) is 3.36. The maximum atomic E-state index is 5.67. The molecular weight excluding hydrogens is 200 g/mol. The number of nitrogens with one attached hydrogen (secondary N) is 1. The fourth-order valence-corrected chi connectivity index (χ4v) is 1.45. The molecule has 4 nitrogen and oxygen atoms in total. The molecule has 2 heterocycles. The lowest BCUT2D eigenvalue weighted by molar-refractivity contribution is 0.605. The van der Waals surface area contributed by atoms with Gasteiger partial charge < -0.3 is 9.55 Å². The zero-order chi connectivity index (χ0) is 9.97. The van der Waals surface area contributed by atoms with Gasteiger partial charge in [0.05, 0.1) is 23.9 Å². The summed E-state index contributed by atoms with van der Waals surface area (Å²) in [5.41, 5.74) is 0.880. The molecule has 2 rings (SSSR count). The highest BCUT2D eigenvalue weighted by Crippen LogP contribution is 2.14. The molecule has 74 valence electrons. The maximum Gasteiger partial charge on any atom is 0.128 e. The number of aromatic amines is 1. The zero-order valence-electron chi connectivity index (χ0n) is 7.81. The van der Waals surface area contributed by atoms with Crippen LogP contribution in [-0.2, 0) is 5.88 Å². The van der Waals surface area contributed by atoms with Crippen LogP contribution in [0.1, 0.15) is 24.5 Å². The smallest absolute Gasteiger partial charge is 0.128 e. The average molecular weight is 211 g/mol. The summed E-state index contributed by atoms with van der Waals surface area (Å²) in [7, 11) is 0. The first-order valence-electron chi connectivity index (χ1n) is 4.39. The molecular formula is C9H11ClN4. The zero-order valence-corrected chi connectivity index (χ0v) is 8.57. The SMILES string of the molecule is CC(c1ncc[nH]1)n1cnc(CCl)c1. The molecule has 0 aliphatic heterocycles. The van der Waals surface area contributed by atoms with E-state index >= 15 is 0 Å². The Morgan fingerprint density at radius 3 is 3.00 bits per heavy atom. The Balaban J connectivity index is 2.23. The van der Waals surface area contributed by atoms with Gasteiger partial charge in [-0.3, -0.25) is 0 Å². The summed E-state index contributed by atoms with van der Waals surface area (Å²) >= 11 is 5.67. The predicted molar refractivity (Wildman–Crippen MR) is 54.2 cm³/mol. The summed E-state index contributed by atoms with van der Waals surface area (Å²) in [5.74, 6) is 1.36. The third-order valence-electron chi connectivity index (χ3n) is 2.15. The molecule has 0 spiro atoms. The Hall–Kier alpha value is -1.29. The van der Waals surface area contributed by atoms with E-state index in [0.29, 0.717) is 5.88 Å². The molecule has 0 saturated heterocycles. The van der Waals surface area contributed by atoms with Crippen molar-refractivity contribution in [1.82, 2.24) is 19.5 Å². The summed E-state index contributed by atoms with van der Waals surface area (Å²) in [5, 5.41) is 0. The van der Waals surface area contributed by atoms with E-state index in [-0.39, 0.29) is 6.04 Å². The first-order valence-corrected chi connectivity index (χ1v) is 4.92. The number of halogens is 1. The van der Waals surface area contributed by atoms with Crippen LogP contribution in [0.2, 0.25) is 0 Å². The van der Waals surface area contributed by atoms with Crippen LogP contribution in [0, 0.1) is 0 Å². The second-order valence-electron chi connectivity index (χ2n) is 3.10. The van der Waals surface area contributed by atoms with Gasteiger partial charge in [0, 0.05) is 18.6 Å². The predicted octanol–water partition coefficient (Wildman–Crippen LogP) is 1.95. The molecule has 2 aromatic rings. The van der Waals surface area contributed by atoms with E-state index in [0.717, 1.165) is 11.5 Å². The van der Waals surface area contributed by atoms with Crippen molar-refractivity contribution < 1.29 is 0 Å². The molecule has 14 heavy (non-hydrogen) atoms. The van der Waals surface area contributed by atoms with Crippen LogP contribution in [-0.4, -0.2) is 19.5 Å². The normalized spacial score (nSPS) is 13.0. The summed E-state index contributed by atoms with van der Waals surface area (Å²) in [6, 6.07) is 0.162. The number of hydrogen-bond acceptors (Lipinski definition) is 2. The number of imidazole rings is 2. The van der Waals surface area contributed by atoms with Crippen LogP contribution >= 0.6 is 11.6 Å². The molecule has 1 N–H and O–H groups in total. The lowest BCUT2D eigenvalue weighted by atomic mass is 10.3. The second kappa shape index (κ2) is 3.84. The lowest BCUT2D eigenvalue weighted by Gasteiger charge is -2.09. The van der Waals surface area contributed by atoms with Crippen molar-refractivity contribution in [2.24, 2.45) is 0 Å². The Morgan fingerprint density at radius 2 is 2.43 bits per heavy atom. The highest BCUT2D eigenvalue weighted by atomic mass is 35.5. The molecule has 5 heteroatoms. The number of alkyl halides is 1. The van der Waals surface area contributed by atoms with Crippen LogP contribution in [0.5, 0.6) is 0 Å². The minimum atomic E-state index is 0.162. The highest BCUT2D eigenvalue weighted by Gasteiger charge is 2.09. The largest absolute Gasteiger partial charge is 0.347 e. The van der Waals surface area contributed by atoms with Gasteiger partial charge in [0.1, 0.15) is 5.82 Å². The standard InChI is InChI=1S/C9H11ClN4/c1-7(9-11-2-3-12-9)14-5-8(4-10)13-6-14/h2-3,5-7H,4H2,1H3,(H,11,12). The van der Waals surface area contributed by atoms with Crippen LogP contribution in [0.25, 0.3) is 0 Å². The summed E-state index contributed by atoms with van der Waals surface area (Å²) in [6.45, 7) is 2.05. The fourth-order valence-electron chi connectivity index (χ4n) is 1.31. The average Bonchev–Trinajstić information content (AvgIpc) is 2.88. The molecule has 1 atom stereocenters. The minimum Gasteiger partial charge on any atom is -0.347 e. The number of rotatable bonds is 3. The van der Waals surface area contributed by atoms with Gasteiger partial charge in [-0.15, -0.1) is 11.6 Å². The molecule has 0 bridgehead atoms. The number of hydrogen-bond donors (Lipinski definition) is 1. The van der Waals surface area contributed by atoms with Crippen LogP contribution in [0.15, 0.2) is 24.9 Å². The van der Waals surface area contributed by atoms with Crippen molar-refractivity contribution in [2.45, 2.75) is 18.8 Å². The van der Waals surface area contributed by atoms with Crippen molar-refractivity contribution in [3.05, 3.63) is 36.4 Å². The Bertz CT molecular complexity index is 393. The van der Waals surface area contributed by atoms with Gasteiger partial charge in [0.2, 0.25) is 0 Å². The lowest BCUT2D eigenvalue weighted by Crippen LogP contribution is -2.05. The van der Waals surface area contributed by atoms with E-state index in [1.165, 1.54) is 0 Å². The van der Waals surface area contributed by atoms with Crippen molar-refractivity contribution in [1.29, 1.82) is 0 Å². The molecule has 0 radical (unpaired) electrons. The number of aromatic nitrogens is 4. The molecule has 0 amide bonds. The van der Waals surface area contributed by atoms with Crippen molar-refractivity contribution >= 4 is 11.6 Å². The Morgan fingerprint density at radius 1 is 1.57 bits per heavy atom. The molecule has 1 unspecified atom stereocenters. The first kappa shape index (κ1) is 9.27. The third kappa shape index (κ3) is 1.65. The van der Waals surface area contributed by atoms with Gasteiger partial charge in [-0.2, -0.15) is 0 Å². The molecule has 0 fully saturated rings. The van der Waals surface area contributed by atoms with E-state index in [2.05, 4.69) is 21.9 Å². The van der Waals surface area contributed by atoms with E-state index in [4.69, 9.17) is 11.6 Å². The summed E-state index contributed by atoms with van der Waals surface area (Å²) in [4.78, 5) is 11.4. The topological polar surface area (TPSA) is 46.5 Å². The summed E-state index contributed by atoms with van der Waals surface area (Å²) < 4.78 is 1.98. The van der Waals surface area contributed by atoms with Crippen LogP contribution in [0.4, 0.5) is 0 Å². The molecule has 0 aliphatic rings. The van der Waals surface area contributed by atoms with Gasteiger partial charge in [0.25, 0.3) is 0 Å². The molecule has 0 saturated carbocycles. The number of nitrogens with zero attached hydrogens (tertiary/aromatic N) is 3. The maximum absolute atomic E-state index is 5.67. The molecule has 0 aromatic carbocycles. The molecule has 0 aliphatic carbocycles. The fraction of sp³-hybridized carbons (Fsp3) is 0.333. The number of H-pyrrole nitrogens is 1. The van der Waals surface area contributed by atoms with Crippen LogP contribution < -0.4 is 0 Å². The van der Waals surface area contributed by atoms with Crippen molar-refractivity contribution in [3.63, 3.8) is 0 Å². The van der Waals surface area contributed by atoms with Gasteiger partial charge in [-0.05, 0) is 6.92 Å². The van der Waals surface area contributed by atoms with Crippen molar-refractivity contribution in [3.8, 4) is 0 Å². The van der Waals surface area contributed by atoms with E-state index < -0.39 is 0 Å². The van der Waals surface area contributed by atoms with Crippen LogP contribution in [0.3, 0.4) is 0 Å². The van der Waals surface area contributed by atoms with Crippen molar-refractivity contribution in [2.75, 3.05) is 0 Å². The van der Waals surface area contributed by atoms with Gasteiger partial charge in [-0.25, -0.2) is 9.97 Å². The summed E-state index contributed by atoms with van der Waals surface area (Å²) in [6.07, 6.45) is 7.25. The van der Waals surface area contributed by atoms with Gasteiger partial charge in [0.15, 0.2) is 0 Å². The minimum absolute atomic E-state index is 0.162. The van der Waals surface area contributed by atoms with Gasteiger partial charge in [-0.1, -0.05) is 0 Å². The van der Waals surface area contributed by atoms with E-state index in [1.807, 2.05) is 17.0 Å². The Kier molecular flexibility index (Phi) is 2.54. The quantitative estimate of drug-likeness (QED) is 0.788. The highest BCUT2D eigenvalue weighted by molar-refractivity contribution is 6.16. The first-order chi connectivity index (χ1) is 6.81. The monoisotopic (exact) mass is 210 g/mol. The molecule has 2 aromatic heterocycles.